The minimum absolute atomic E-state index is 0.0373. The van der Waals surface area contributed by atoms with Crippen molar-refractivity contribution < 1.29 is 14.0 Å². The van der Waals surface area contributed by atoms with E-state index in [0.717, 1.165) is 31.2 Å². The molecule has 0 heterocycles. The Bertz CT molecular complexity index is 922. The van der Waals surface area contributed by atoms with Gasteiger partial charge in [0.2, 0.25) is 5.91 Å². The Morgan fingerprint density at radius 2 is 1.84 bits per heavy atom. The minimum Gasteiger partial charge on any atom is -0.334 e. The van der Waals surface area contributed by atoms with Crippen LogP contribution in [-0.4, -0.2) is 29.8 Å². The van der Waals surface area contributed by atoms with Crippen LogP contribution in [0.25, 0.3) is 0 Å². The highest BCUT2D eigenvalue weighted by Crippen LogP contribution is 2.28. The number of carbonyl (C=O) groups excluding carboxylic acids is 2. The van der Waals surface area contributed by atoms with Crippen LogP contribution < -0.4 is 11.1 Å². The molecule has 2 amide bonds. The number of halogens is 1. The van der Waals surface area contributed by atoms with Gasteiger partial charge in [-0.05, 0) is 54.6 Å². The monoisotopic (exact) mass is 425 g/mol. The molecule has 3 rings (SSSR count). The van der Waals surface area contributed by atoms with Crippen LogP contribution in [0.2, 0.25) is 0 Å². The van der Waals surface area contributed by atoms with Crippen molar-refractivity contribution in [3.63, 3.8) is 0 Å². The Morgan fingerprint density at radius 3 is 2.52 bits per heavy atom. The first-order chi connectivity index (χ1) is 14.8. The molecule has 1 aliphatic carbocycles. The number of anilines is 1. The lowest BCUT2D eigenvalue weighted by Crippen LogP contribution is -2.41. The predicted molar refractivity (Wildman–Crippen MR) is 121 cm³/mol. The van der Waals surface area contributed by atoms with Crippen LogP contribution in [0, 0.1) is 17.2 Å². The number of nitrogens with two attached hydrogens (primary N) is 1. The van der Waals surface area contributed by atoms with Crippen LogP contribution in [-0.2, 0) is 11.3 Å². The summed E-state index contributed by atoms with van der Waals surface area (Å²) in [7, 11) is 0. The fraction of sp³-hybridized carbons (Fsp3) is 0.440. The van der Waals surface area contributed by atoms with Crippen LogP contribution in [0.15, 0.2) is 48.5 Å². The number of rotatable bonds is 8. The molecule has 166 valence electrons. The molecule has 0 spiro atoms. The van der Waals surface area contributed by atoms with Gasteiger partial charge in [0.15, 0.2) is 0 Å². The second-order valence-corrected chi connectivity index (χ2v) is 9.17. The smallest absolute Gasteiger partial charge is 0.254 e. The van der Waals surface area contributed by atoms with Gasteiger partial charge in [0.25, 0.3) is 5.91 Å². The van der Waals surface area contributed by atoms with E-state index in [1.54, 1.807) is 11.0 Å². The summed E-state index contributed by atoms with van der Waals surface area (Å²) in [5.74, 6) is -0.629. The molecule has 0 aliphatic heterocycles. The maximum absolute atomic E-state index is 13.7. The van der Waals surface area contributed by atoms with Crippen molar-refractivity contribution in [2.45, 2.75) is 46.1 Å². The van der Waals surface area contributed by atoms with E-state index in [4.69, 9.17) is 5.73 Å². The summed E-state index contributed by atoms with van der Waals surface area (Å²) < 4.78 is 13.7. The van der Waals surface area contributed by atoms with Gasteiger partial charge < -0.3 is 16.0 Å². The molecule has 2 aromatic rings. The summed E-state index contributed by atoms with van der Waals surface area (Å²) in [6.07, 6.45) is 4.01. The maximum Gasteiger partial charge on any atom is 0.254 e. The van der Waals surface area contributed by atoms with Crippen molar-refractivity contribution in [2.24, 2.45) is 17.1 Å². The van der Waals surface area contributed by atoms with E-state index < -0.39 is 5.82 Å². The summed E-state index contributed by atoms with van der Waals surface area (Å²) in [6.45, 7) is 5.09. The van der Waals surface area contributed by atoms with Gasteiger partial charge in [-0.15, -0.1) is 0 Å². The molecule has 2 aromatic carbocycles. The van der Waals surface area contributed by atoms with E-state index in [0.29, 0.717) is 30.9 Å². The van der Waals surface area contributed by atoms with Gasteiger partial charge >= 0.3 is 0 Å². The third-order valence-corrected chi connectivity index (χ3v) is 5.89. The van der Waals surface area contributed by atoms with E-state index in [2.05, 4.69) is 5.32 Å². The number of para-hydroxylation sites is 1. The maximum atomic E-state index is 13.7. The molecule has 0 aromatic heterocycles. The SMILES string of the molecule is CC(C)(CN)CN(Cc1ccccc1NC(=O)C1CCCC1)C(=O)c1cccc(F)c1. The fourth-order valence-electron chi connectivity index (χ4n) is 3.99. The number of nitrogens with zero attached hydrogens (tertiary/aromatic N) is 1. The lowest BCUT2D eigenvalue weighted by atomic mass is 9.92. The number of nitrogens with one attached hydrogen (secondary N) is 1. The largest absolute Gasteiger partial charge is 0.334 e. The first kappa shape index (κ1) is 22.9. The Kier molecular flexibility index (Phi) is 7.44. The normalized spacial score (nSPS) is 14.5. The average Bonchev–Trinajstić information content (AvgIpc) is 3.29. The van der Waals surface area contributed by atoms with Crippen LogP contribution in [0.4, 0.5) is 10.1 Å². The summed E-state index contributed by atoms with van der Waals surface area (Å²) in [5, 5.41) is 3.06. The van der Waals surface area contributed by atoms with Crippen LogP contribution in [0.1, 0.15) is 55.5 Å². The standard InChI is InChI=1S/C25H32FN3O2/c1-25(2,16-27)17-29(24(31)19-11-7-12-21(26)14-19)15-20-10-5-6-13-22(20)28-23(30)18-8-3-4-9-18/h5-7,10-14,18H,3-4,8-9,15-17,27H2,1-2H3,(H,28,30). The Morgan fingerprint density at radius 1 is 1.13 bits per heavy atom. The van der Waals surface area contributed by atoms with Crippen LogP contribution in [0.5, 0.6) is 0 Å². The van der Waals surface area contributed by atoms with E-state index in [9.17, 15) is 14.0 Å². The number of hydrogen-bond donors (Lipinski definition) is 2. The molecule has 3 N–H and O–H groups in total. The second kappa shape index (κ2) is 10.1. The van der Waals surface area contributed by atoms with Gasteiger partial charge in [-0.3, -0.25) is 9.59 Å². The van der Waals surface area contributed by atoms with E-state index >= 15 is 0 Å². The van der Waals surface area contributed by atoms with Gasteiger partial charge in [0.1, 0.15) is 5.82 Å². The van der Waals surface area contributed by atoms with Crippen molar-refractivity contribution in [2.75, 3.05) is 18.4 Å². The predicted octanol–water partition coefficient (Wildman–Crippen LogP) is 4.58. The molecule has 1 fully saturated rings. The van der Waals surface area contributed by atoms with Crippen molar-refractivity contribution in [1.82, 2.24) is 4.90 Å². The summed E-state index contributed by atoms with van der Waals surface area (Å²) in [6, 6.07) is 13.2. The summed E-state index contributed by atoms with van der Waals surface area (Å²) in [5.41, 5.74) is 7.45. The van der Waals surface area contributed by atoms with E-state index in [-0.39, 0.29) is 23.1 Å². The van der Waals surface area contributed by atoms with Crippen LogP contribution in [0.3, 0.4) is 0 Å². The Hall–Kier alpha value is -2.73. The quantitative estimate of drug-likeness (QED) is 0.650. The van der Waals surface area contributed by atoms with Gasteiger partial charge in [-0.25, -0.2) is 4.39 Å². The van der Waals surface area contributed by atoms with Gasteiger partial charge in [-0.1, -0.05) is 51.0 Å². The highest BCUT2D eigenvalue weighted by Gasteiger charge is 2.27. The molecule has 6 heteroatoms. The third-order valence-electron chi connectivity index (χ3n) is 5.89. The topological polar surface area (TPSA) is 75.4 Å². The first-order valence-corrected chi connectivity index (χ1v) is 10.9. The molecule has 0 atom stereocenters. The molecule has 5 nitrogen and oxygen atoms in total. The molecular weight excluding hydrogens is 393 g/mol. The van der Waals surface area contributed by atoms with Crippen molar-refractivity contribution >= 4 is 17.5 Å². The Balaban J connectivity index is 1.85. The highest BCUT2D eigenvalue weighted by atomic mass is 19.1. The molecule has 0 unspecified atom stereocenters. The van der Waals surface area contributed by atoms with Crippen molar-refractivity contribution in [1.29, 1.82) is 0 Å². The van der Waals surface area contributed by atoms with Gasteiger partial charge in [0, 0.05) is 30.3 Å². The zero-order valence-electron chi connectivity index (χ0n) is 18.4. The third kappa shape index (κ3) is 6.14. The molecule has 1 aliphatic rings. The number of amides is 2. The summed E-state index contributed by atoms with van der Waals surface area (Å²) >= 11 is 0. The van der Waals surface area contributed by atoms with E-state index in [1.807, 2.05) is 38.1 Å². The molecular formula is C25H32FN3O2. The molecule has 0 bridgehead atoms. The van der Waals surface area contributed by atoms with Crippen LogP contribution >= 0.6 is 0 Å². The number of carbonyl (C=O) groups is 2. The lowest BCUT2D eigenvalue weighted by molar-refractivity contribution is -0.119. The van der Waals surface area contributed by atoms with Crippen molar-refractivity contribution in [3.05, 3.63) is 65.5 Å². The minimum atomic E-state index is -0.451. The Labute approximate surface area is 183 Å². The highest BCUT2D eigenvalue weighted by molar-refractivity contribution is 5.95. The van der Waals surface area contributed by atoms with Gasteiger partial charge in [-0.2, -0.15) is 0 Å². The lowest BCUT2D eigenvalue weighted by Gasteiger charge is -2.32. The average molecular weight is 426 g/mol. The van der Waals surface area contributed by atoms with Crippen molar-refractivity contribution in [3.8, 4) is 0 Å². The zero-order valence-corrected chi connectivity index (χ0v) is 18.4. The van der Waals surface area contributed by atoms with E-state index in [1.165, 1.54) is 18.2 Å². The first-order valence-electron chi connectivity index (χ1n) is 10.9. The van der Waals surface area contributed by atoms with Gasteiger partial charge in [0.05, 0.1) is 0 Å². The molecule has 31 heavy (non-hydrogen) atoms. The fourth-order valence-corrected chi connectivity index (χ4v) is 3.99. The molecule has 1 saturated carbocycles. The number of hydrogen-bond acceptors (Lipinski definition) is 3. The zero-order chi connectivity index (χ0) is 22.4. The number of benzene rings is 2. The molecule has 0 saturated heterocycles. The molecule has 0 radical (unpaired) electrons. The second-order valence-electron chi connectivity index (χ2n) is 9.17. The summed E-state index contributed by atoms with van der Waals surface area (Å²) in [4.78, 5) is 27.6.